The van der Waals surface area contributed by atoms with E-state index in [1.54, 1.807) is 18.2 Å². The lowest BCUT2D eigenvalue weighted by Crippen LogP contribution is -2.26. The molecule has 2 aromatic rings. The van der Waals surface area contributed by atoms with Crippen molar-refractivity contribution in [2.45, 2.75) is 44.3 Å². The lowest BCUT2D eigenvalue weighted by Gasteiger charge is -2.18. The van der Waals surface area contributed by atoms with Gasteiger partial charge in [0.2, 0.25) is 0 Å². The fraction of sp³-hybridized carbons (Fsp3) is 0.407. The Bertz CT molecular complexity index is 1310. The van der Waals surface area contributed by atoms with Gasteiger partial charge in [0.05, 0.1) is 23.9 Å². The molecule has 0 aromatic heterocycles. The average molecular weight is 571 g/mol. The lowest BCUT2D eigenvalue weighted by molar-refractivity contribution is -0.143. The monoisotopic (exact) mass is 570 g/mol. The second-order valence-electron chi connectivity index (χ2n) is 9.50. The molecule has 0 bridgehead atoms. The fourth-order valence-electron chi connectivity index (χ4n) is 4.64. The van der Waals surface area contributed by atoms with Crippen molar-refractivity contribution in [1.82, 2.24) is 15.5 Å². The highest BCUT2D eigenvalue weighted by Gasteiger charge is 2.38. The number of urea groups is 1. The highest BCUT2D eigenvalue weighted by molar-refractivity contribution is 6.16. The van der Waals surface area contributed by atoms with Crippen LogP contribution in [0.4, 0.5) is 31.1 Å². The van der Waals surface area contributed by atoms with Crippen molar-refractivity contribution in [3.63, 3.8) is 0 Å². The van der Waals surface area contributed by atoms with Gasteiger partial charge in [0, 0.05) is 18.2 Å². The standard InChI is InChI=1S/C27H28F6N4O3/c1-37-11-3-4-19(37)9-10-34-24-21(35-25(38)36-24)12-16-5-8-22(23(13-16)39-2)40-15-17-6-7-18(26(28,29)30)14-20(17)27(31,32)33/h5-8,12-14,19H,3-4,9-11,15H2,1-2H3,(H2,34,35,36,38). The van der Waals surface area contributed by atoms with Gasteiger partial charge >= 0.3 is 18.4 Å². The number of hydrogen-bond acceptors (Lipinski definition) is 5. The second kappa shape index (κ2) is 11.8. The number of nitrogens with zero attached hydrogens (tertiary/aromatic N) is 2. The second-order valence-corrected chi connectivity index (χ2v) is 9.50. The van der Waals surface area contributed by atoms with E-state index in [1.165, 1.54) is 13.2 Å². The van der Waals surface area contributed by atoms with Crippen LogP contribution in [0, 0.1) is 0 Å². The quantitative estimate of drug-likeness (QED) is 0.391. The van der Waals surface area contributed by atoms with Crippen LogP contribution < -0.4 is 20.1 Å². The molecule has 2 fully saturated rings. The molecule has 1 unspecified atom stereocenters. The minimum Gasteiger partial charge on any atom is -0.493 e. The Morgan fingerprint density at radius 2 is 1.82 bits per heavy atom. The number of amides is 2. The summed E-state index contributed by atoms with van der Waals surface area (Å²) in [6.07, 6.45) is -5.15. The van der Waals surface area contributed by atoms with Crippen molar-refractivity contribution >= 4 is 17.9 Å². The zero-order valence-electron chi connectivity index (χ0n) is 21.7. The zero-order valence-corrected chi connectivity index (χ0v) is 21.7. The first kappa shape index (κ1) is 29.2. The van der Waals surface area contributed by atoms with Crippen molar-refractivity contribution in [2.24, 2.45) is 4.99 Å². The predicted octanol–water partition coefficient (Wildman–Crippen LogP) is 5.85. The molecule has 2 aromatic carbocycles. The van der Waals surface area contributed by atoms with Gasteiger partial charge in [-0.25, -0.2) is 4.79 Å². The molecule has 7 nitrogen and oxygen atoms in total. The molecule has 2 aliphatic heterocycles. The number of hydrogen-bond donors (Lipinski definition) is 2. The van der Waals surface area contributed by atoms with Gasteiger partial charge in [-0.3, -0.25) is 10.3 Å². The Labute approximate surface area is 226 Å². The largest absolute Gasteiger partial charge is 0.493 e. The molecule has 0 saturated carbocycles. The number of methoxy groups -OCH3 is 1. The third-order valence-electron chi connectivity index (χ3n) is 6.76. The Balaban J connectivity index is 1.49. The van der Waals surface area contributed by atoms with E-state index in [1.807, 2.05) is 0 Å². The third-order valence-corrected chi connectivity index (χ3v) is 6.76. The molecule has 2 amide bonds. The number of halogens is 6. The van der Waals surface area contributed by atoms with Gasteiger partial charge in [-0.05, 0) is 68.8 Å². The first-order chi connectivity index (χ1) is 18.8. The fourth-order valence-corrected chi connectivity index (χ4v) is 4.64. The number of likely N-dealkylation sites (tertiary alicyclic amines) is 1. The molecule has 1 atom stereocenters. The molecule has 216 valence electrons. The topological polar surface area (TPSA) is 75.2 Å². The summed E-state index contributed by atoms with van der Waals surface area (Å²) in [6.45, 7) is 0.945. The Morgan fingerprint density at radius 1 is 1.05 bits per heavy atom. The van der Waals surface area contributed by atoms with E-state index in [-0.39, 0.29) is 17.6 Å². The zero-order chi connectivity index (χ0) is 29.1. The number of amidine groups is 1. The number of nitrogens with one attached hydrogen (secondary N) is 2. The molecule has 2 saturated heterocycles. The van der Waals surface area contributed by atoms with Crippen LogP contribution in [-0.2, 0) is 19.0 Å². The van der Waals surface area contributed by atoms with Gasteiger partial charge in [0.15, 0.2) is 17.3 Å². The van der Waals surface area contributed by atoms with Crippen molar-refractivity contribution in [3.8, 4) is 11.5 Å². The summed E-state index contributed by atoms with van der Waals surface area (Å²) in [5.74, 6) is 0.655. The predicted molar refractivity (Wildman–Crippen MR) is 136 cm³/mol. The molecule has 2 N–H and O–H groups in total. The van der Waals surface area contributed by atoms with Gasteiger partial charge in [0.25, 0.3) is 0 Å². The maximum absolute atomic E-state index is 13.5. The molecular formula is C27H28F6N4O3. The summed E-state index contributed by atoms with van der Waals surface area (Å²) in [5.41, 5.74) is -2.27. The molecule has 2 aliphatic rings. The van der Waals surface area contributed by atoms with Crippen LogP contribution in [-0.4, -0.2) is 50.1 Å². The smallest absolute Gasteiger partial charge is 0.416 e. The molecule has 0 spiro atoms. The Morgan fingerprint density at radius 3 is 2.48 bits per heavy atom. The molecule has 40 heavy (non-hydrogen) atoms. The average Bonchev–Trinajstić information content (AvgIpc) is 3.45. The number of carbonyl (C=O) groups is 1. The number of alkyl halides is 6. The van der Waals surface area contributed by atoms with Gasteiger partial charge in [-0.15, -0.1) is 0 Å². The molecule has 0 aliphatic carbocycles. The van der Waals surface area contributed by atoms with Crippen LogP contribution in [0.5, 0.6) is 11.5 Å². The summed E-state index contributed by atoms with van der Waals surface area (Å²) in [6, 6.07) is 6.03. The van der Waals surface area contributed by atoms with E-state index in [4.69, 9.17) is 9.47 Å². The third kappa shape index (κ3) is 7.06. The first-order valence-corrected chi connectivity index (χ1v) is 12.5. The van der Waals surface area contributed by atoms with E-state index in [0.717, 1.165) is 31.9 Å². The van der Waals surface area contributed by atoms with Gasteiger partial charge < -0.3 is 19.7 Å². The van der Waals surface area contributed by atoms with E-state index in [0.29, 0.717) is 35.7 Å². The molecule has 2 heterocycles. The lowest BCUT2D eigenvalue weighted by atomic mass is 10.0. The number of benzene rings is 2. The summed E-state index contributed by atoms with van der Waals surface area (Å²) in [5, 5.41) is 5.35. The number of carbonyl (C=O) groups excluding carboxylic acids is 1. The minimum absolute atomic E-state index is 0.0697. The summed E-state index contributed by atoms with van der Waals surface area (Å²) in [7, 11) is 3.42. The highest BCUT2D eigenvalue weighted by Crippen LogP contribution is 2.38. The molecular weight excluding hydrogens is 542 g/mol. The SMILES string of the molecule is COc1cc(C=C2NC(=O)NC2=NCCC2CCCN2C)ccc1OCc1ccc(C(F)(F)F)cc1C(F)(F)F. The minimum atomic E-state index is -5.01. The van der Waals surface area contributed by atoms with Crippen LogP contribution in [0.15, 0.2) is 47.1 Å². The molecule has 13 heteroatoms. The van der Waals surface area contributed by atoms with Gasteiger partial charge in [-0.1, -0.05) is 12.1 Å². The Hall–Kier alpha value is -3.74. The molecule has 4 rings (SSSR count). The maximum atomic E-state index is 13.5. The van der Waals surface area contributed by atoms with Gasteiger partial charge in [-0.2, -0.15) is 26.3 Å². The van der Waals surface area contributed by atoms with Crippen molar-refractivity contribution in [1.29, 1.82) is 0 Å². The van der Waals surface area contributed by atoms with Crippen LogP contribution >= 0.6 is 0 Å². The van der Waals surface area contributed by atoms with Crippen LogP contribution in [0.3, 0.4) is 0 Å². The summed E-state index contributed by atoms with van der Waals surface area (Å²) in [4.78, 5) is 18.8. The highest BCUT2D eigenvalue weighted by atomic mass is 19.4. The first-order valence-electron chi connectivity index (χ1n) is 12.5. The van der Waals surface area contributed by atoms with Crippen LogP contribution in [0.25, 0.3) is 6.08 Å². The van der Waals surface area contributed by atoms with Crippen molar-refractivity contribution in [2.75, 3.05) is 27.2 Å². The van der Waals surface area contributed by atoms with Crippen molar-refractivity contribution < 1.29 is 40.6 Å². The summed E-state index contributed by atoms with van der Waals surface area (Å²) < 4.78 is 90.1. The molecule has 0 radical (unpaired) electrons. The van der Waals surface area contributed by atoms with E-state index in [2.05, 4.69) is 27.6 Å². The van der Waals surface area contributed by atoms with E-state index in [9.17, 15) is 31.1 Å². The number of aliphatic imine (C=N–C) groups is 1. The Kier molecular flexibility index (Phi) is 8.62. The van der Waals surface area contributed by atoms with Crippen molar-refractivity contribution in [3.05, 3.63) is 64.3 Å². The maximum Gasteiger partial charge on any atom is 0.416 e. The van der Waals surface area contributed by atoms with Crippen LogP contribution in [0.2, 0.25) is 0 Å². The van der Waals surface area contributed by atoms with E-state index < -0.39 is 41.7 Å². The number of ether oxygens (including phenoxy) is 2. The number of rotatable bonds is 8. The summed E-state index contributed by atoms with van der Waals surface area (Å²) >= 11 is 0. The normalized spacial score (nSPS) is 20.2. The van der Waals surface area contributed by atoms with Crippen LogP contribution in [0.1, 0.15) is 41.5 Å². The van der Waals surface area contributed by atoms with E-state index >= 15 is 0 Å². The van der Waals surface area contributed by atoms with Gasteiger partial charge in [0.1, 0.15) is 6.61 Å².